The van der Waals surface area contributed by atoms with Gasteiger partial charge in [-0.2, -0.15) is 0 Å². The minimum Gasteiger partial charge on any atom is -0.393 e. The summed E-state index contributed by atoms with van der Waals surface area (Å²) in [6.45, 7) is 3.21. The molecule has 0 spiro atoms. The lowest BCUT2D eigenvalue weighted by molar-refractivity contribution is 0.108. The molecule has 0 unspecified atom stereocenters. The maximum atomic E-state index is 9.41. The topological polar surface area (TPSA) is 50.1 Å². The molecule has 0 aromatic carbocycles. The standard InChI is InChI=1S/C13H23N3O/c17-13-4-2-12(3-5-13)10-14-6-1-8-16-9-7-15-11-16/h7,9,11-14,17H,1-6,8,10H2. The van der Waals surface area contributed by atoms with Crippen LogP contribution in [0.4, 0.5) is 0 Å². The summed E-state index contributed by atoms with van der Waals surface area (Å²) >= 11 is 0. The average Bonchev–Trinajstić information content (AvgIpc) is 2.84. The van der Waals surface area contributed by atoms with Crippen LogP contribution in [0.2, 0.25) is 0 Å². The smallest absolute Gasteiger partial charge is 0.0945 e. The molecule has 0 atom stereocenters. The van der Waals surface area contributed by atoms with Crippen LogP contribution in [-0.2, 0) is 6.54 Å². The lowest BCUT2D eigenvalue weighted by Gasteiger charge is -2.25. The number of aromatic nitrogens is 2. The number of aliphatic hydroxyl groups is 1. The highest BCUT2D eigenvalue weighted by Crippen LogP contribution is 2.23. The van der Waals surface area contributed by atoms with E-state index in [2.05, 4.69) is 14.9 Å². The molecule has 2 N–H and O–H groups in total. The second-order valence-corrected chi connectivity index (χ2v) is 5.03. The molecule has 4 nitrogen and oxygen atoms in total. The molecule has 0 bridgehead atoms. The Balaban J connectivity index is 1.49. The van der Waals surface area contributed by atoms with E-state index >= 15 is 0 Å². The van der Waals surface area contributed by atoms with Crippen LogP contribution in [0.1, 0.15) is 32.1 Å². The fourth-order valence-electron chi connectivity index (χ4n) is 2.46. The van der Waals surface area contributed by atoms with Crippen LogP contribution in [-0.4, -0.2) is 33.9 Å². The molecule has 1 fully saturated rings. The Labute approximate surface area is 103 Å². The summed E-state index contributed by atoms with van der Waals surface area (Å²) in [5.41, 5.74) is 0. The molecule has 1 aromatic rings. The van der Waals surface area contributed by atoms with Crippen molar-refractivity contribution >= 4 is 0 Å². The van der Waals surface area contributed by atoms with E-state index in [4.69, 9.17) is 0 Å². The van der Waals surface area contributed by atoms with Crippen molar-refractivity contribution in [3.05, 3.63) is 18.7 Å². The SMILES string of the molecule is OC1CCC(CNCCCn2ccnc2)CC1. The fourth-order valence-corrected chi connectivity index (χ4v) is 2.46. The molecule has 0 amide bonds. The second kappa shape index (κ2) is 6.77. The molecule has 1 aliphatic rings. The largest absolute Gasteiger partial charge is 0.393 e. The van der Waals surface area contributed by atoms with Crippen LogP contribution in [0.15, 0.2) is 18.7 Å². The fraction of sp³-hybridized carbons (Fsp3) is 0.769. The number of hydrogen-bond acceptors (Lipinski definition) is 3. The molecular weight excluding hydrogens is 214 g/mol. The summed E-state index contributed by atoms with van der Waals surface area (Å²) in [5.74, 6) is 0.770. The van der Waals surface area contributed by atoms with Gasteiger partial charge in [-0.15, -0.1) is 0 Å². The molecular formula is C13H23N3O. The minimum absolute atomic E-state index is 0.0347. The number of imidazole rings is 1. The van der Waals surface area contributed by atoms with Crippen LogP contribution in [0.5, 0.6) is 0 Å². The Hall–Kier alpha value is -0.870. The highest BCUT2D eigenvalue weighted by atomic mass is 16.3. The zero-order valence-corrected chi connectivity index (χ0v) is 10.4. The van der Waals surface area contributed by atoms with Gasteiger partial charge in [0.1, 0.15) is 0 Å². The van der Waals surface area contributed by atoms with Crippen LogP contribution in [0, 0.1) is 5.92 Å². The van der Waals surface area contributed by atoms with Crippen molar-refractivity contribution in [3.63, 3.8) is 0 Å². The van der Waals surface area contributed by atoms with E-state index in [0.717, 1.165) is 44.8 Å². The van der Waals surface area contributed by atoms with Gasteiger partial charge in [-0.1, -0.05) is 0 Å². The van der Waals surface area contributed by atoms with Gasteiger partial charge >= 0.3 is 0 Å². The van der Waals surface area contributed by atoms with Crippen LogP contribution >= 0.6 is 0 Å². The number of aryl methyl sites for hydroxylation is 1. The van der Waals surface area contributed by atoms with Crippen molar-refractivity contribution in [1.29, 1.82) is 0 Å². The number of aliphatic hydroxyl groups excluding tert-OH is 1. The highest BCUT2D eigenvalue weighted by molar-refractivity contribution is 4.75. The van der Waals surface area contributed by atoms with E-state index in [1.165, 1.54) is 12.8 Å². The van der Waals surface area contributed by atoms with E-state index in [-0.39, 0.29) is 6.10 Å². The van der Waals surface area contributed by atoms with Crippen LogP contribution in [0.3, 0.4) is 0 Å². The number of nitrogens with one attached hydrogen (secondary N) is 1. The lowest BCUT2D eigenvalue weighted by atomic mass is 9.87. The third kappa shape index (κ3) is 4.48. The molecule has 1 saturated carbocycles. The van der Waals surface area contributed by atoms with Crippen molar-refractivity contribution in [3.8, 4) is 0 Å². The van der Waals surface area contributed by atoms with Gasteiger partial charge in [0.2, 0.25) is 0 Å². The van der Waals surface area contributed by atoms with Crippen molar-refractivity contribution in [2.24, 2.45) is 5.92 Å². The third-order valence-corrected chi connectivity index (χ3v) is 3.58. The number of hydrogen-bond donors (Lipinski definition) is 2. The monoisotopic (exact) mass is 237 g/mol. The van der Waals surface area contributed by atoms with Gasteiger partial charge in [0, 0.05) is 18.9 Å². The maximum Gasteiger partial charge on any atom is 0.0945 e. The molecule has 2 rings (SSSR count). The Kier molecular flexibility index (Phi) is 5.01. The van der Waals surface area contributed by atoms with Crippen molar-refractivity contribution in [2.45, 2.75) is 44.8 Å². The van der Waals surface area contributed by atoms with Gasteiger partial charge in [-0.25, -0.2) is 4.98 Å². The van der Waals surface area contributed by atoms with E-state index < -0.39 is 0 Å². The maximum absolute atomic E-state index is 9.41. The predicted molar refractivity (Wildman–Crippen MR) is 67.7 cm³/mol. The van der Waals surface area contributed by atoms with Gasteiger partial charge in [0.25, 0.3) is 0 Å². The van der Waals surface area contributed by atoms with E-state index in [1.807, 2.05) is 18.7 Å². The quantitative estimate of drug-likeness (QED) is 0.736. The van der Waals surface area contributed by atoms with Crippen molar-refractivity contribution in [1.82, 2.24) is 14.9 Å². The molecule has 0 saturated heterocycles. The summed E-state index contributed by atoms with van der Waals surface area (Å²) in [6, 6.07) is 0. The molecule has 96 valence electrons. The molecule has 1 aliphatic carbocycles. The summed E-state index contributed by atoms with van der Waals surface area (Å²) in [4.78, 5) is 4.02. The molecule has 1 heterocycles. The number of rotatable bonds is 6. The van der Waals surface area contributed by atoms with Crippen LogP contribution in [0.25, 0.3) is 0 Å². The Morgan fingerprint density at radius 2 is 2.12 bits per heavy atom. The zero-order valence-electron chi connectivity index (χ0n) is 10.4. The molecule has 1 aromatic heterocycles. The van der Waals surface area contributed by atoms with E-state index in [0.29, 0.717) is 0 Å². The third-order valence-electron chi connectivity index (χ3n) is 3.58. The zero-order chi connectivity index (χ0) is 11.9. The Morgan fingerprint density at radius 3 is 2.82 bits per heavy atom. The van der Waals surface area contributed by atoms with Gasteiger partial charge in [0.15, 0.2) is 0 Å². The minimum atomic E-state index is -0.0347. The Bertz CT molecular complexity index is 292. The molecule has 4 heteroatoms. The first-order chi connectivity index (χ1) is 8.34. The van der Waals surface area contributed by atoms with Crippen molar-refractivity contribution < 1.29 is 5.11 Å². The average molecular weight is 237 g/mol. The molecule has 17 heavy (non-hydrogen) atoms. The Morgan fingerprint density at radius 1 is 1.29 bits per heavy atom. The first kappa shape index (κ1) is 12.6. The van der Waals surface area contributed by atoms with Crippen LogP contribution < -0.4 is 5.32 Å². The van der Waals surface area contributed by atoms with E-state index in [9.17, 15) is 5.11 Å². The van der Waals surface area contributed by atoms with Gasteiger partial charge in [-0.3, -0.25) is 0 Å². The highest BCUT2D eigenvalue weighted by Gasteiger charge is 2.18. The van der Waals surface area contributed by atoms with E-state index in [1.54, 1.807) is 0 Å². The molecule has 0 radical (unpaired) electrons. The lowest BCUT2D eigenvalue weighted by Crippen LogP contribution is -2.28. The number of nitrogens with zero attached hydrogens (tertiary/aromatic N) is 2. The first-order valence-electron chi connectivity index (χ1n) is 6.69. The summed E-state index contributed by atoms with van der Waals surface area (Å²) in [6.07, 6.45) is 11.1. The van der Waals surface area contributed by atoms with Gasteiger partial charge in [-0.05, 0) is 51.1 Å². The molecule has 0 aliphatic heterocycles. The predicted octanol–water partition coefficient (Wildman–Crippen LogP) is 1.41. The summed E-state index contributed by atoms with van der Waals surface area (Å²) in [7, 11) is 0. The van der Waals surface area contributed by atoms with Gasteiger partial charge < -0.3 is 15.0 Å². The van der Waals surface area contributed by atoms with Crippen molar-refractivity contribution in [2.75, 3.05) is 13.1 Å². The normalized spacial score (nSPS) is 25.0. The second-order valence-electron chi connectivity index (χ2n) is 5.03. The van der Waals surface area contributed by atoms with Gasteiger partial charge in [0.05, 0.1) is 12.4 Å². The first-order valence-corrected chi connectivity index (χ1v) is 6.69. The summed E-state index contributed by atoms with van der Waals surface area (Å²) < 4.78 is 2.11. The summed E-state index contributed by atoms with van der Waals surface area (Å²) in [5, 5.41) is 12.9.